The summed E-state index contributed by atoms with van der Waals surface area (Å²) in [5, 5.41) is 9.91. The molecule has 0 amide bonds. The van der Waals surface area contributed by atoms with Crippen molar-refractivity contribution in [2.45, 2.75) is 64.6 Å². The third-order valence-corrected chi connectivity index (χ3v) is 6.91. The van der Waals surface area contributed by atoms with Crippen LogP contribution in [0.15, 0.2) is 57.4 Å². The van der Waals surface area contributed by atoms with E-state index in [9.17, 15) is 9.59 Å². The van der Waals surface area contributed by atoms with Gasteiger partial charge in [0.15, 0.2) is 5.60 Å². The first-order valence-corrected chi connectivity index (χ1v) is 12.0. The lowest BCUT2D eigenvalue weighted by Gasteiger charge is -2.42. The minimum atomic E-state index is -1.03. The third-order valence-electron chi connectivity index (χ3n) is 6.91. The van der Waals surface area contributed by atoms with Crippen LogP contribution in [0.5, 0.6) is 5.75 Å². The number of aryl methyl sites for hydroxylation is 1. The van der Waals surface area contributed by atoms with Gasteiger partial charge in [-0.1, -0.05) is 12.1 Å². The van der Waals surface area contributed by atoms with Crippen molar-refractivity contribution in [2.24, 2.45) is 0 Å². The van der Waals surface area contributed by atoms with Gasteiger partial charge in [0.1, 0.15) is 22.8 Å². The van der Waals surface area contributed by atoms with Crippen molar-refractivity contribution in [3.63, 3.8) is 0 Å². The fourth-order valence-corrected chi connectivity index (χ4v) is 4.51. The minimum absolute atomic E-state index is 0.00147. The molecule has 3 aromatic rings. The smallest absolute Gasteiger partial charge is 0.339 e. The van der Waals surface area contributed by atoms with Gasteiger partial charge in [-0.25, -0.2) is 14.6 Å². The van der Waals surface area contributed by atoms with E-state index >= 15 is 0 Å². The molecule has 0 fully saturated rings. The lowest BCUT2D eigenvalue weighted by Crippen LogP contribution is -2.57. The second kappa shape index (κ2) is 9.78. The van der Waals surface area contributed by atoms with Gasteiger partial charge in [-0.2, -0.15) is 0 Å². The Morgan fingerprint density at radius 3 is 2.75 bits per heavy atom. The molecule has 1 aliphatic heterocycles. The van der Waals surface area contributed by atoms with Crippen molar-refractivity contribution in [3.8, 4) is 5.75 Å². The molecule has 36 heavy (non-hydrogen) atoms. The van der Waals surface area contributed by atoms with E-state index in [1.807, 2.05) is 32.0 Å². The Hall–Kier alpha value is -3.65. The number of pyridine rings is 1. The molecule has 8 heteroatoms. The second-order valence-corrected chi connectivity index (χ2v) is 9.80. The summed E-state index contributed by atoms with van der Waals surface area (Å²) in [6, 6.07) is 9.09. The number of allylic oxidation sites excluding steroid dienone is 1. The number of hydrogen-bond acceptors (Lipinski definition) is 8. The molecule has 2 aromatic heterocycles. The fourth-order valence-electron chi connectivity index (χ4n) is 4.51. The number of carbonyl (C=O) groups excluding carboxylic acids is 1. The molecular weight excluding hydrogens is 460 g/mol. The van der Waals surface area contributed by atoms with E-state index in [1.54, 1.807) is 38.3 Å². The van der Waals surface area contributed by atoms with E-state index < -0.39 is 22.8 Å². The van der Waals surface area contributed by atoms with Gasteiger partial charge < -0.3 is 24.7 Å². The first-order valence-electron chi connectivity index (χ1n) is 12.0. The molecule has 1 aromatic carbocycles. The van der Waals surface area contributed by atoms with E-state index in [-0.39, 0.29) is 6.61 Å². The zero-order valence-electron chi connectivity index (χ0n) is 21.1. The van der Waals surface area contributed by atoms with E-state index in [0.717, 1.165) is 16.5 Å². The van der Waals surface area contributed by atoms with Crippen LogP contribution in [-0.2, 0) is 28.8 Å². The van der Waals surface area contributed by atoms with Crippen LogP contribution in [0.3, 0.4) is 0 Å². The molecule has 8 nitrogen and oxygen atoms in total. The number of nitrogens with two attached hydrogens (primary N) is 1. The number of carbonyl (C=O) groups is 1. The van der Waals surface area contributed by atoms with Crippen LogP contribution in [0.2, 0.25) is 0 Å². The molecule has 0 spiro atoms. The summed E-state index contributed by atoms with van der Waals surface area (Å²) in [5.74, 6) is 0.571. The van der Waals surface area contributed by atoms with Crippen LogP contribution in [0.1, 0.15) is 50.8 Å². The van der Waals surface area contributed by atoms with Crippen LogP contribution >= 0.6 is 0 Å². The average molecular weight is 493 g/mol. The predicted octanol–water partition coefficient (Wildman–Crippen LogP) is 3.90. The van der Waals surface area contributed by atoms with Crippen LogP contribution in [0, 0.1) is 0 Å². The van der Waals surface area contributed by atoms with Gasteiger partial charge in [0.25, 0.3) is 0 Å². The lowest BCUT2D eigenvalue weighted by atomic mass is 9.77. The van der Waals surface area contributed by atoms with Crippen molar-refractivity contribution in [1.29, 1.82) is 0 Å². The topological polar surface area (TPSA) is 125 Å². The molecule has 3 N–H and O–H groups in total. The van der Waals surface area contributed by atoms with Crippen molar-refractivity contribution >= 4 is 22.8 Å². The number of aromatic nitrogens is 1. The monoisotopic (exact) mass is 492 g/mol. The highest BCUT2D eigenvalue weighted by Gasteiger charge is 2.54. The number of aliphatic hydroxyl groups is 1. The number of nitrogens with zero attached hydrogens (tertiary/aromatic N) is 1. The molecule has 0 radical (unpaired) electrons. The Kier molecular flexibility index (Phi) is 6.91. The summed E-state index contributed by atoms with van der Waals surface area (Å²) in [4.78, 5) is 29.4. The van der Waals surface area contributed by atoms with E-state index in [4.69, 9.17) is 24.7 Å². The Bertz CT molecular complexity index is 1370. The van der Waals surface area contributed by atoms with Gasteiger partial charge in [-0.3, -0.25) is 0 Å². The molecular formula is C28H32N2O6. The minimum Gasteiger partial charge on any atom is -0.482 e. The molecule has 190 valence electrons. The summed E-state index contributed by atoms with van der Waals surface area (Å²) < 4.78 is 18.2. The third kappa shape index (κ3) is 4.86. The molecule has 4 rings (SSSR count). The Labute approximate surface area is 209 Å². The number of anilines is 1. The zero-order valence-corrected chi connectivity index (χ0v) is 21.1. The van der Waals surface area contributed by atoms with Gasteiger partial charge in [0, 0.05) is 48.2 Å². The van der Waals surface area contributed by atoms with Crippen LogP contribution < -0.4 is 16.1 Å². The number of benzene rings is 1. The number of ether oxygens (including phenoxy) is 2. The van der Waals surface area contributed by atoms with Crippen molar-refractivity contribution < 1.29 is 23.8 Å². The summed E-state index contributed by atoms with van der Waals surface area (Å²) in [6.07, 6.45) is 5.19. The van der Waals surface area contributed by atoms with Gasteiger partial charge in [-0.05, 0) is 69.9 Å². The number of rotatable bonds is 8. The summed E-state index contributed by atoms with van der Waals surface area (Å²) >= 11 is 0. The molecule has 0 bridgehead atoms. The number of aliphatic hydroxyl groups excluding tert-OH is 1. The highest BCUT2D eigenvalue weighted by molar-refractivity contribution is 5.88. The molecule has 1 aliphatic rings. The molecule has 0 saturated carbocycles. The largest absolute Gasteiger partial charge is 0.482 e. The molecule has 1 atom stereocenters. The number of hydrogen-bond donors (Lipinski definition) is 2. The first kappa shape index (κ1) is 25.4. The number of nitrogen functional groups attached to an aromatic ring is 1. The molecule has 0 saturated heterocycles. The van der Waals surface area contributed by atoms with Crippen molar-refractivity contribution in [3.05, 3.63) is 75.3 Å². The fraction of sp³-hybridized carbons (Fsp3) is 0.393. The average Bonchev–Trinajstić information content (AvgIpc) is 3.20. The van der Waals surface area contributed by atoms with Gasteiger partial charge >= 0.3 is 11.6 Å². The maximum absolute atomic E-state index is 12.8. The summed E-state index contributed by atoms with van der Waals surface area (Å²) in [5.41, 5.74) is 6.61. The van der Waals surface area contributed by atoms with Gasteiger partial charge in [0.2, 0.25) is 0 Å². The lowest BCUT2D eigenvalue weighted by molar-refractivity contribution is -0.174. The maximum atomic E-state index is 12.8. The summed E-state index contributed by atoms with van der Waals surface area (Å²) in [7, 11) is 0. The highest BCUT2D eigenvalue weighted by atomic mass is 16.6. The predicted molar refractivity (Wildman–Crippen MR) is 137 cm³/mol. The normalized spacial score (nSPS) is 17.6. The van der Waals surface area contributed by atoms with Crippen LogP contribution in [0.25, 0.3) is 11.0 Å². The SMILES string of the molecule is C/C=C(\C)C(=O)OC(C)(C)[C@]1(Cc2ccc(N)nc2)Cc2cc3cc(CCCO)c(=O)oc3cc2O1. The summed E-state index contributed by atoms with van der Waals surface area (Å²) in [6.45, 7) is 7.19. The first-order chi connectivity index (χ1) is 17.1. The quantitative estimate of drug-likeness (QED) is 0.276. The Morgan fingerprint density at radius 1 is 1.31 bits per heavy atom. The maximum Gasteiger partial charge on any atom is 0.339 e. The number of esters is 1. The van der Waals surface area contributed by atoms with Gasteiger partial charge in [0.05, 0.1) is 0 Å². The molecule has 3 heterocycles. The van der Waals surface area contributed by atoms with Crippen LogP contribution in [0.4, 0.5) is 5.82 Å². The second-order valence-electron chi connectivity index (χ2n) is 9.80. The van der Waals surface area contributed by atoms with Crippen molar-refractivity contribution in [1.82, 2.24) is 4.98 Å². The molecule has 0 aliphatic carbocycles. The Morgan fingerprint density at radius 2 is 2.08 bits per heavy atom. The number of fused-ring (bicyclic) bond motifs is 2. The van der Waals surface area contributed by atoms with Crippen molar-refractivity contribution in [2.75, 3.05) is 12.3 Å². The highest BCUT2D eigenvalue weighted by Crippen LogP contribution is 2.46. The van der Waals surface area contributed by atoms with E-state index in [1.165, 1.54) is 0 Å². The Balaban J connectivity index is 1.77. The van der Waals surface area contributed by atoms with Crippen LogP contribution in [-0.4, -0.2) is 33.9 Å². The standard InChI is InChI=1S/C28H32N2O6/c1-5-17(2)25(32)36-27(3,4)28(14-18-8-9-24(29)30-16-18)15-21-12-20-11-19(7-6-10-31)26(33)34-22(20)13-23(21)35-28/h5,8-9,11-13,16,31H,6-7,10,14-15H2,1-4H3,(H2,29,30)/b17-5+/t28-/m0/s1. The van der Waals surface area contributed by atoms with E-state index in [2.05, 4.69) is 4.98 Å². The zero-order chi connectivity index (χ0) is 26.1. The van der Waals surface area contributed by atoms with E-state index in [0.29, 0.717) is 54.0 Å². The molecule has 0 unspecified atom stereocenters. The van der Waals surface area contributed by atoms with Gasteiger partial charge in [-0.15, -0.1) is 0 Å².